The van der Waals surface area contributed by atoms with Gasteiger partial charge in [-0.1, -0.05) is 19.1 Å². The largest absolute Gasteiger partial charge is 0.389 e. The molecule has 0 atom stereocenters. The molecule has 2 N–H and O–H groups in total. The number of nitrogens with two attached hydrogens (primary N) is 1. The van der Waals surface area contributed by atoms with E-state index >= 15 is 0 Å². The van der Waals surface area contributed by atoms with E-state index in [0.717, 1.165) is 18.7 Å². The topological polar surface area (TPSA) is 42.2 Å². The lowest BCUT2D eigenvalue weighted by atomic mass is 10.1. The molecule has 1 aromatic carbocycles. The van der Waals surface area contributed by atoms with Gasteiger partial charge < -0.3 is 5.73 Å². The number of hydrogen-bond donors (Lipinski definition) is 1. The van der Waals surface area contributed by atoms with Crippen LogP contribution in [0.25, 0.3) is 0 Å². The van der Waals surface area contributed by atoms with E-state index in [1.807, 2.05) is 18.2 Å². The maximum absolute atomic E-state index is 13.6. The Kier molecular flexibility index (Phi) is 5.36. The van der Waals surface area contributed by atoms with Gasteiger partial charge in [-0.25, -0.2) is 4.39 Å². The lowest BCUT2D eigenvalue weighted by molar-refractivity contribution is 0.271. The van der Waals surface area contributed by atoms with Gasteiger partial charge >= 0.3 is 0 Å². The van der Waals surface area contributed by atoms with Gasteiger partial charge in [-0.05, 0) is 48.0 Å². The lowest BCUT2D eigenvalue weighted by Gasteiger charge is -2.21. The van der Waals surface area contributed by atoms with Crippen LogP contribution in [0.15, 0.2) is 42.7 Å². The summed E-state index contributed by atoms with van der Waals surface area (Å²) in [5, 5.41) is 0. The van der Waals surface area contributed by atoms with Gasteiger partial charge in [0.05, 0.1) is 0 Å². The maximum Gasteiger partial charge on any atom is 0.124 e. The minimum absolute atomic E-state index is 0.216. The Hall–Kier alpha value is -1.85. The summed E-state index contributed by atoms with van der Waals surface area (Å²) < 4.78 is 13.6. The molecule has 2 rings (SSSR count). The zero-order chi connectivity index (χ0) is 15.2. The third-order valence-corrected chi connectivity index (χ3v) is 3.49. The fraction of sp³-hybridized carbons (Fsp3) is 0.250. The Bertz CT molecular complexity index is 616. The molecule has 1 aromatic heterocycles. The molecule has 0 saturated heterocycles. The Labute approximate surface area is 129 Å². The van der Waals surface area contributed by atoms with E-state index in [1.54, 1.807) is 12.4 Å². The van der Waals surface area contributed by atoms with Crippen molar-refractivity contribution in [2.75, 3.05) is 6.54 Å². The smallest absolute Gasteiger partial charge is 0.124 e. The van der Waals surface area contributed by atoms with Gasteiger partial charge in [0.1, 0.15) is 10.8 Å². The summed E-state index contributed by atoms with van der Waals surface area (Å²) in [6, 6.07) is 8.70. The summed E-state index contributed by atoms with van der Waals surface area (Å²) in [5.74, 6) is -0.310. The highest BCUT2D eigenvalue weighted by Gasteiger charge is 2.08. The Morgan fingerprint density at radius 2 is 1.86 bits per heavy atom. The molecule has 5 heteroatoms. The van der Waals surface area contributed by atoms with Gasteiger partial charge in [0.2, 0.25) is 0 Å². The van der Waals surface area contributed by atoms with Crippen LogP contribution in [0, 0.1) is 5.82 Å². The first-order valence-corrected chi connectivity index (χ1v) is 7.20. The minimum atomic E-state index is -0.310. The van der Waals surface area contributed by atoms with Gasteiger partial charge in [0.25, 0.3) is 0 Å². The fourth-order valence-electron chi connectivity index (χ4n) is 2.17. The first-order chi connectivity index (χ1) is 10.1. The number of halogens is 1. The second-order valence-electron chi connectivity index (χ2n) is 4.87. The maximum atomic E-state index is 13.6. The second-order valence-corrected chi connectivity index (χ2v) is 5.31. The van der Waals surface area contributed by atoms with Gasteiger partial charge in [-0.3, -0.25) is 9.88 Å². The predicted molar refractivity (Wildman–Crippen MR) is 86.3 cm³/mol. The fourth-order valence-corrected chi connectivity index (χ4v) is 2.29. The van der Waals surface area contributed by atoms with Crippen LogP contribution in [0.4, 0.5) is 4.39 Å². The number of aromatic nitrogens is 1. The van der Waals surface area contributed by atoms with Crippen LogP contribution < -0.4 is 5.73 Å². The number of hydrogen-bond acceptors (Lipinski definition) is 3. The number of pyridine rings is 1. The summed E-state index contributed by atoms with van der Waals surface area (Å²) in [7, 11) is 0. The van der Waals surface area contributed by atoms with Crippen LogP contribution in [0.1, 0.15) is 23.6 Å². The molecule has 1 heterocycles. The Morgan fingerprint density at radius 1 is 1.19 bits per heavy atom. The van der Waals surface area contributed by atoms with Crippen LogP contribution in [-0.4, -0.2) is 21.4 Å². The summed E-state index contributed by atoms with van der Waals surface area (Å²) in [6.07, 6.45) is 3.55. The molecule has 0 spiro atoms. The van der Waals surface area contributed by atoms with E-state index in [1.165, 1.54) is 17.7 Å². The average molecular weight is 303 g/mol. The first-order valence-electron chi connectivity index (χ1n) is 6.79. The van der Waals surface area contributed by atoms with Crippen LogP contribution in [0.2, 0.25) is 0 Å². The minimum Gasteiger partial charge on any atom is -0.389 e. The summed E-state index contributed by atoms with van der Waals surface area (Å²) in [6.45, 7) is 4.38. The zero-order valence-corrected chi connectivity index (χ0v) is 12.7. The van der Waals surface area contributed by atoms with E-state index < -0.39 is 0 Å². The van der Waals surface area contributed by atoms with Crippen molar-refractivity contribution in [3.8, 4) is 0 Å². The van der Waals surface area contributed by atoms with Crippen molar-refractivity contribution < 1.29 is 4.39 Å². The number of thiocarbonyl (C=S) groups is 1. The van der Waals surface area contributed by atoms with Crippen molar-refractivity contribution in [1.82, 2.24) is 9.88 Å². The molecule has 0 aliphatic rings. The van der Waals surface area contributed by atoms with Crippen LogP contribution in [-0.2, 0) is 13.1 Å². The standard InChI is InChI=1S/C16H18FN3S/c1-2-20(10-12-3-5-19-6-4-12)11-13-7-14(16(18)21)9-15(17)8-13/h3-9H,2,10-11H2,1H3,(H2,18,21). The third-order valence-electron chi connectivity index (χ3n) is 3.25. The molecule has 0 fully saturated rings. The van der Waals surface area contributed by atoms with E-state index in [4.69, 9.17) is 18.0 Å². The molecule has 0 saturated carbocycles. The van der Waals surface area contributed by atoms with Gasteiger partial charge in [0, 0.05) is 31.0 Å². The number of nitrogens with zero attached hydrogens (tertiary/aromatic N) is 2. The SMILES string of the molecule is CCN(Cc1ccncc1)Cc1cc(F)cc(C(N)=S)c1. The lowest BCUT2D eigenvalue weighted by Crippen LogP contribution is -2.22. The Morgan fingerprint density at radius 3 is 2.48 bits per heavy atom. The predicted octanol–water partition coefficient (Wildman–Crippen LogP) is 2.88. The second kappa shape index (κ2) is 7.24. The molecule has 0 amide bonds. The molecule has 0 bridgehead atoms. The monoisotopic (exact) mass is 303 g/mol. The summed E-state index contributed by atoms with van der Waals surface area (Å²) in [5.41, 5.74) is 8.20. The molecule has 0 unspecified atom stereocenters. The van der Waals surface area contributed by atoms with Gasteiger partial charge in [-0.15, -0.1) is 0 Å². The van der Waals surface area contributed by atoms with Crippen LogP contribution in [0.3, 0.4) is 0 Å². The van der Waals surface area contributed by atoms with E-state index in [2.05, 4.69) is 16.8 Å². The summed E-state index contributed by atoms with van der Waals surface area (Å²) >= 11 is 4.92. The highest BCUT2D eigenvalue weighted by atomic mass is 32.1. The molecule has 0 aliphatic heterocycles. The summed E-state index contributed by atoms with van der Waals surface area (Å²) in [4.78, 5) is 6.44. The molecule has 21 heavy (non-hydrogen) atoms. The Balaban J connectivity index is 2.13. The molecular weight excluding hydrogens is 285 g/mol. The molecular formula is C16H18FN3S. The van der Waals surface area contributed by atoms with Crippen molar-refractivity contribution in [3.63, 3.8) is 0 Å². The van der Waals surface area contributed by atoms with Crippen molar-refractivity contribution in [1.29, 1.82) is 0 Å². The van der Waals surface area contributed by atoms with Gasteiger partial charge in [0.15, 0.2) is 0 Å². The van der Waals surface area contributed by atoms with Crippen molar-refractivity contribution in [2.45, 2.75) is 20.0 Å². The zero-order valence-electron chi connectivity index (χ0n) is 11.9. The van der Waals surface area contributed by atoms with Crippen molar-refractivity contribution >= 4 is 17.2 Å². The van der Waals surface area contributed by atoms with E-state index in [-0.39, 0.29) is 10.8 Å². The molecule has 3 nitrogen and oxygen atoms in total. The molecule has 110 valence electrons. The average Bonchev–Trinajstić information content (AvgIpc) is 2.47. The van der Waals surface area contributed by atoms with E-state index in [0.29, 0.717) is 12.1 Å². The van der Waals surface area contributed by atoms with Crippen LogP contribution >= 0.6 is 12.2 Å². The van der Waals surface area contributed by atoms with E-state index in [9.17, 15) is 4.39 Å². The van der Waals surface area contributed by atoms with Crippen LogP contribution in [0.5, 0.6) is 0 Å². The van der Waals surface area contributed by atoms with Crippen molar-refractivity contribution in [3.05, 3.63) is 65.2 Å². The molecule has 0 radical (unpaired) electrons. The van der Waals surface area contributed by atoms with Crippen molar-refractivity contribution in [2.24, 2.45) is 5.73 Å². The third kappa shape index (κ3) is 4.58. The normalized spacial score (nSPS) is 10.8. The first kappa shape index (κ1) is 15.5. The number of benzene rings is 1. The molecule has 2 aromatic rings. The highest BCUT2D eigenvalue weighted by molar-refractivity contribution is 7.80. The highest BCUT2D eigenvalue weighted by Crippen LogP contribution is 2.13. The number of rotatable bonds is 6. The van der Waals surface area contributed by atoms with Gasteiger partial charge in [-0.2, -0.15) is 0 Å². The quantitative estimate of drug-likeness (QED) is 0.833. The molecule has 0 aliphatic carbocycles.